The number of nitro benzene ring substituents is 1. The lowest BCUT2D eigenvalue weighted by molar-refractivity contribution is -0.384. The molecule has 0 N–H and O–H groups in total. The summed E-state index contributed by atoms with van der Waals surface area (Å²) >= 11 is 11.3. The number of hydrogen-bond donors (Lipinski definition) is 0. The maximum Gasteiger partial charge on any atom is 0.338 e. The van der Waals surface area contributed by atoms with Gasteiger partial charge in [0.25, 0.3) is 0 Å². The molecule has 5 nitrogen and oxygen atoms in total. The summed E-state index contributed by atoms with van der Waals surface area (Å²) in [5.74, 6) is -0.624. The van der Waals surface area contributed by atoms with E-state index >= 15 is 0 Å². The summed E-state index contributed by atoms with van der Waals surface area (Å²) in [6.07, 6.45) is 0. The predicted molar refractivity (Wildman–Crippen MR) is 59.1 cm³/mol. The van der Waals surface area contributed by atoms with Gasteiger partial charge in [-0.05, 0) is 19.1 Å². The average molecular weight is 264 g/mol. The first-order valence-electron chi connectivity index (χ1n) is 4.28. The van der Waals surface area contributed by atoms with Crippen molar-refractivity contribution in [2.75, 3.05) is 6.61 Å². The molecule has 1 aromatic carbocycles. The van der Waals surface area contributed by atoms with Gasteiger partial charge in [-0.15, -0.1) is 0 Å². The Kier molecular flexibility index (Phi) is 4.09. The number of nitro groups is 1. The first-order chi connectivity index (χ1) is 7.47. The smallest absolute Gasteiger partial charge is 0.338 e. The van der Waals surface area contributed by atoms with Crippen molar-refractivity contribution in [2.24, 2.45) is 0 Å². The van der Waals surface area contributed by atoms with Crippen LogP contribution in [0.2, 0.25) is 10.0 Å². The first kappa shape index (κ1) is 12.7. The third kappa shape index (κ3) is 2.62. The number of carbonyl (C=O) groups excluding carboxylic acids is 1. The van der Waals surface area contributed by atoms with Crippen LogP contribution in [0.1, 0.15) is 17.3 Å². The van der Waals surface area contributed by atoms with Crippen LogP contribution in [0.5, 0.6) is 0 Å². The molecule has 0 aliphatic heterocycles. The van der Waals surface area contributed by atoms with E-state index in [0.29, 0.717) is 0 Å². The van der Waals surface area contributed by atoms with Crippen molar-refractivity contribution in [3.05, 3.63) is 37.9 Å². The van der Waals surface area contributed by atoms with Gasteiger partial charge in [0.1, 0.15) is 10.0 Å². The van der Waals surface area contributed by atoms with Gasteiger partial charge in [-0.3, -0.25) is 10.1 Å². The van der Waals surface area contributed by atoms with E-state index in [-0.39, 0.29) is 22.2 Å². The van der Waals surface area contributed by atoms with Crippen molar-refractivity contribution in [2.45, 2.75) is 6.92 Å². The Morgan fingerprint density at radius 3 is 2.31 bits per heavy atom. The van der Waals surface area contributed by atoms with Crippen LogP contribution in [0.3, 0.4) is 0 Å². The minimum absolute atomic E-state index is 0.0856. The monoisotopic (exact) mass is 263 g/mol. The maximum atomic E-state index is 11.3. The topological polar surface area (TPSA) is 69.4 Å². The fourth-order valence-corrected chi connectivity index (χ4v) is 1.70. The zero-order chi connectivity index (χ0) is 12.3. The van der Waals surface area contributed by atoms with E-state index in [9.17, 15) is 14.9 Å². The van der Waals surface area contributed by atoms with Crippen molar-refractivity contribution < 1.29 is 14.5 Å². The number of rotatable bonds is 3. The van der Waals surface area contributed by atoms with Crippen LogP contribution in [0.4, 0.5) is 5.69 Å². The molecule has 0 heterocycles. The van der Waals surface area contributed by atoms with Gasteiger partial charge < -0.3 is 4.74 Å². The molecule has 0 aromatic heterocycles. The van der Waals surface area contributed by atoms with Crippen LogP contribution in [0, 0.1) is 10.1 Å². The van der Waals surface area contributed by atoms with Gasteiger partial charge in [-0.1, -0.05) is 23.2 Å². The Labute approximate surface area is 101 Å². The highest BCUT2D eigenvalue weighted by Crippen LogP contribution is 2.33. The molecule has 1 aromatic rings. The van der Waals surface area contributed by atoms with Crippen LogP contribution in [0.15, 0.2) is 12.1 Å². The molecule has 0 atom stereocenters. The highest BCUT2D eigenvalue weighted by molar-refractivity contribution is 6.38. The minimum atomic E-state index is -0.709. The maximum absolute atomic E-state index is 11.3. The van der Waals surface area contributed by atoms with Gasteiger partial charge in [0.2, 0.25) is 0 Å². The molecule has 1 rings (SSSR count). The molecule has 0 aliphatic carbocycles. The molecule has 0 aliphatic rings. The van der Waals surface area contributed by atoms with Crippen molar-refractivity contribution in [1.82, 2.24) is 0 Å². The van der Waals surface area contributed by atoms with Crippen molar-refractivity contribution in [1.29, 1.82) is 0 Å². The summed E-state index contributed by atoms with van der Waals surface area (Å²) in [7, 11) is 0. The van der Waals surface area contributed by atoms with E-state index in [4.69, 9.17) is 27.9 Å². The predicted octanol–water partition coefficient (Wildman–Crippen LogP) is 3.08. The number of halogens is 2. The second kappa shape index (κ2) is 5.14. The molecule has 0 saturated carbocycles. The van der Waals surface area contributed by atoms with Gasteiger partial charge in [0, 0.05) is 0 Å². The van der Waals surface area contributed by atoms with Gasteiger partial charge >= 0.3 is 11.7 Å². The molecule has 0 radical (unpaired) electrons. The SMILES string of the molecule is CCOC(=O)c1cc(Cl)c([N+](=O)[O-])c(Cl)c1. The molecule has 0 bridgehead atoms. The third-order valence-corrected chi connectivity index (χ3v) is 2.29. The molecule has 0 saturated heterocycles. The van der Waals surface area contributed by atoms with Crippen molar-refractivity contribution in [3.8, 4) is 0 Å². The van der Waals surface area contributed by atoms with Gasteiger partial charge in [0.15, 0.2) is 0 Å². The van der Waals surface area contributed by atoms with E-state index < -0.39 is 16.6 Å². The fourth-order valence-electron chi connectivity index (χ4n) is 1.07. The van der Waals surface area contributed by atoms with Crippen LogP contribution >= 0.6 is 23.2 Å². The Morgan fingerprint density at radius 2 is 1.94 bits per heavy atom. The van der Waals surface area contributed by atoms with E-state index in [0.717, 1.165) is 12.1 Å². The number of hydrogen-bond acceptors (Lipinski definition) is 4. The van der Waals surface area contributed by atoms with E-state index in [1.165, 1.54) is 0 Å². The van der Waals surface area contributed by atoms with Gasteiger partial charge in [-0.25, -0.2) is 4.79 Å². The Hall–Kier alpha value is -1.33. The Bertz CT molecular complexity index is 424. The van der Waals surface area contributed by atoms with Crippen molar-refractivity contribution >= 4 is 34.9 Å². The lowest BCUT2D eigenvalue weighted by Gasteiger charge is -2.03. The standard InChI is InChI=1S/C9H7Cl2NO4/c1-2-16-9(13)5-3-6(10)8(12(14)15)7(11)4-5/h3-4H,2H2,1H3. The fraction of sp³-hybridized carbons (Fsp3) is 0.222. The van der Waals surface area contributed by atoms with E-state index in [2.05, 4.69) is 0 Å². The Morgan fingerprint density at radius 1 is 1.44 bits per heavy atom. The summed E-state index contributed by atoms with van der Waals surface area (Å²) in [4.78, 5) is 21.2. The van der Waals surface area contributed by atoms with Gasteiger partial charge in [0.05, 0.1) is 17.1 Å². The molecular formula is C9H7Cl2NO4. The molecule has 7 heteroatoms. The average Bonchev–Trinajstić information content (AvgIpc) is 2.16. The molecule has 16 heavy (non-hydrogen) atoms. The quantitative estimate of drug-likeness (QED) is 0.478. The summed E-state index contributed by atoms with van der Waals surface area (Å²) in [6, 6.07) is 2.31. The summed E-state index contributed by atoms with van der Waals surface area (Å²) in [6.45, 7) is 1.84. The molecule has 0 unspecified atom stereocenters. The van der Waals surface area contributed by atoms with Crippen LogP contribution < -0.4 is 0 Å². The number of carbonyl (C=O) groups is 1. The summed E-state index contributed by atoms with van der Waals surface area (Å²) in [5.41, 5.74) is -0.334. The highest BCUT2D eigenvalue weighted by atomic mass is 35.5. The second-order valence-corrected chi connectivity index (χ2v) is 3.58. The van der Waals surface area contributed by atoms with E-state index in [1.54, 1.807) is 6.92 Å². The minimum Gasteiger partial charge on any atom is -0.462 e. The summed E-state index contributed by atoms with van der Waals surface area (Å²) < 4.78 is 4.71. The molecule has 0 spiro atoms. The molecular weight excluding hydrogens is 257 g/mol. The third-order valence-electron chi connectivity index (χ3n) is 1.71. The number of ether oxygens (including phenoxy) is 1. The lowest BCUT2D eigenvalue weighted by atomic mass is 10.2. The number of esters is 1. The normalized spacial score (nSPS) is 9.94. The largest absolute Gasteiger partial charge is 0.462 e. The zero-order valence-electron chi connectivity index (χ0n) is 8.20. The molecule has 0 fully saturated rings. The number of benzene rings is 1. The highest BCUT2D eigenvalue weighted by Gasteiger charge is 2.21. The first-order valence-corrected chi connectivity index (χ1v) is 5.03. The van der Waals surface area contributed by atoms with Crippen molar-refractivity contribution in [3.63, 3.8) is 0 Å². The molecule has 86 valence electrons. The van der Waals surface area contributed by atoms with Gasteiger partial charge in [-0.2, -0.15) is 0 Å². The second-order valence-electron chi connectivity index (χ2n) is 2.77. The van der Waals surface area contributed by atoms with Crippen LogP contribution in [-0.2, 0) is 4.74 Å². The lowest BCUT2D eigenvalue weighted by Crippen LogP contribution is -2.05. The van der Waals surface area contributed by atoms with E-state index in [1.807, 2.05) is 0 Å². The zero-order valence-corrected chi connectivity index (χ0v) is 9.71. The molecule has 0 amide bonds. The van der Waals surface area contributed by atoms with Crippen LogP contribution in [-0.4, -0.2) is 17.5 Å². The number of nitrogens with zero attached hydrogens (tertiary/aromatic N) is 1. The van der Waals surface area contributed by atoms with Crippen LogP contribution in [0.25, 0.3) is 0 Å². The Balaban J connectivity index is 3.19. The summed E-state index contributed by atoms with van der Waals surface area (Å²) in [5, 5.41) is 10.2.